The molecule has 1 aliphatic heterocycles. The first-order valence-electron chi connectivity index (χ1n) is 9.59. The smallest absolute Gasteiger partial charge is 0.276 e. The van der Waals surface area contributed by atoms with Crippen LogP contribution >= 0.6 is 15.9 Å². The third kappa shape index (κ3) is 3.57. The normalized spacial score (nSPS) is 15.7. The van der Waals surface area contributed by atoms with E-state index in [1.807, 2.05) is 36.4 Å². The van der Waals surface area contributed by atoms with E-state index >= 15 is 0 Å². The number of nitro groups is 1. The van der Waals surface area contributed by atoms with Crippen molar-refractivity contribution < 1.29 is 9.72 Å². The molecule has 3 aromatic carbocycles. The fourth-order valence-corrected chi connectivity index (χ4v) is 4.05. The maximum absolute atomic E-state index is 13.5. The number of anilines is 2. The molecule has 3 aromatic rings. The van der Waals surface area contributed by atoms with Gasteiger partial charge in [-0.15, -0.1) is 0 Å². The maximum atomic E-state index is 13.5. The number of benzene rings is 3. The summed E-state index contributed by atoms with van der Waals surface area (Å²) >= 11 is 3.41. The van der Waals surface area contributed by atoms with Crippen LogP contribution in [0.2, 0.25) is 0 Å². The summed E-state index contributed by atoms with van der Waals surface area (Å²) in [6.45, 7) is 4.21. The van der Waals surface area contributed by atoms with E-state index in [1.54, 1.807) is 29.2 Å². The Kier molecular flexibility index (Phi) is 5.30. The first-order chi connectivity index (χ1) is 14.4. The fourth-order valence-electron chi connectivity index (χ4n) is 3.67. The van der Waals surface area contributed by atoms with E-state index in [-0.39, 0.29) is 11.6 Å². The number of rotatable bonds is 4. The molecular formula is C23H20BrN3O3. The van der Waals surface area contributed by atoms with Crippen molar-refractivity contribution in [2.24, 2.45) is 0 Å². The van der Waals surface area contributed by atoms with E-state index in [4.69, 9.17) is 0 Å². The quantitative estimate of drug-likeness (QED) is 0.364. The first kappa shape index (κ1) is 20.1. The van der Waals surface area contributed by atoms with Gasteiger partial charge >= 0.3 is 0 Å². The monoisotopic (exact) mass is 465 g/mol. The fraction of sp³-hybridized carbons (Fsp3) is 0.174. The summed E-state index contributed by atoms with van der Waals surface area (Å²) in [5, 5.41) is 15.1. The second-order valence-electron chi connectivity index (χ2n) is 7.47. The standard InChI is InChI=1S/C23H20BrN3O3/c1-14(2)15-7-10-17(11-8-15)26-22(19-13-16(24)9-12-21(19)27(29)30)25-20-6-4-3-5-18(20)23(26)28/h3-14,22,25H,1-2H3. The largest absolute Gasteiger partial charge is 0.360 e. The molecule has 0 fully saturated rings. The highest BCUT2D eigenvalue weighted by molar-refractivity contribution is 9.10. The Morgan fingerprint density at radius 1 is 1.07 bits per heavy atom. The number of nitrogens with one attached hydrogen (secondary N) is 1. The van der Waals surface area contributed by atoms with Gasteiger partial charge < -0.3 is 5.32 Å². The maximum Gasteiger partial charge on any atom is 0.276 e. The third-order valence-electron chi connectivity index (χ3n) is 5.25. The van der Waals surface area contributed by atoms with Crippen LogP contribution in [-0.2, 0) is 0 Å². The Hall–Kier alpha value is -3.19. The number of amides is 1. The number of carbonyl (C=O) groups is 1. The molecule has 152 valence electrons. The van der Waals surface area contributed by atoms with Gasteiger partial charge in [-0.25, -0.2) is 0 Å². The lowest BCUT2D eigenvalue weighted by atomic mass is 9.99. The van der Waals surface area contributed by atoms with Gasteiger partial charge in [0.25, 0.3) is 11.6 Å². The van der Waals surface area contributed by atoms with Crippen molar-refractivity contribution in [2.75, 3.05) is 10.2 Å². The zero-order valence-electron chi connectivity index (χ0n) is 16.5. The van der Waals surface area contributed by atoms with E-state index in [0.29, 0.717) is 32.9 Å². The predicted molar refractivity (Wildman–Crippen MR) is 121 cm³/mol. The SMILES string of the molecule is CC(C)c1ccc(N2C(=O)c3ccccc3NC2c2cc(Br)ccc2[N+](=O)[O-])cc1. The highest BCUT2D eigenvalue weighted by Crippen LogP contribution is 2.40. The Balaban J connectivity index is 1.90. The van der Waals surface area contributed by atoms with Crippen LogP contribution < -0.4 is 10.2 Å². The molecule has 0 aromatic heterocycles. The molecule has 7 heteroatoms. The van der Waals surface area contributed by atoms with Crippen LogP contribution in [0.15, 0.2) is 71.2 Å². The average molecular weight is 466 g/mol. The minimum atomic E-state index is -0.727. The molecule has 6 nitrogen and oxygen atoms in total. The molecule has 30 heavy (non-hydrogen) atoms. The zero-order chi connectivity index (χ0) is 21.4. The number of fused-ring (bicyclic) bond motifs is 1. The van der Waals surface area contributed by atoms with Crippen LogP contribution in [-0.4, -0.2) is 10.8 Å². The van der Waals surface area contributed by atoms with Gasteiger partial charge in [-0.1, -0.05) is 54.0 Å². The molecular weight excluding hydrogens is 446 g/mol. The molecule has 1 atom stereocenters. The molecule has 0 spiro atoms. The molecule has 0 saturated carbocycles. The van der Waals surface area contributed by atoms with Gasteiger partial charge in [0.05, 0.1) is 16.1 Å². The number of hydrogen-bond acceptors (Lipinski definition) is 4. The van der Waals surface area contributed by atoms with Crippen molar-refractivity contribution >= 4 is 38.9 Å². The second kappa shape index (κ2) is 7.91. The number of nitro benzene ring substituents is 1. The molecule has 1 unspecified atom stereocenters. The second-order valence-corrected chi connectivity index (χ2v) is 8.39. The molecule has 4 rings (SSSR count). The highest BCUT2D eigenvalue weighted by Gasteiger charge is 2.37. The van der Waals surface area contributed by atoms with E-state index in [2.05, 4.69) is 35.1 Å². The lowest BCUT2D eigenvalue weighted by molar-refractivity contribution is -0.385. The van der Waals surface area contributed by atoms with Crippen LogP contribution in [0, 0.1) is 10.1 Å². The highest BCUT2D eigenvalue weighted by atomic mass is 79.9. The Morgan fingerprint density at radius 2 is 1.77 bits per heavy atom. The molecule has 0 bridgehead atoms. The molecule has 0 radical (unpaired) electrons. The summed E-state index contributed by atoms with van der Waals surface area (Å²) in [7, 11) is 0. The summed E-state index contributed by atoms with van der Waals surface area (Å²) in [4.78, 5) is 26.4. The number of halogens is 1. The van der Waals surface area contributed by atoms with Crippen LogP contribution in [0.1, 0.15) is 47.4 Å². The van der Waals surface area contributed by atoms with Crippen molar-refractivity contribution in [3.63, 3.8) is 0 Å². The van der Waals surface area contributed by atoms with Crippen LogP contribution in [0.4, 0.5) is 17.1 Å². The van der Waals surface area contributed by atoms with Gasteiger partial charge in [-0.2, -0.15) is 0 Å². The molecule has 1 aliphatic rings. The summed E-state index contributed by atoms with van der Waals surface area (Å²) in [5.41, 5.74) is 3.36. The summed E-state index contributed by atoms with van der Waals surface area (Å²) < 4.78 is 0.700. The molecule has 0 aliphatic carbocycles. The summed E-state index contributed by atoms with van der Waals surface area (Å²) in [6.07, 6.45) is -0.727. The van der Waals surface area contributed by atoms with E-state index in [9.17, 15) is 14.9 Å². The van der Waals surface area contributed by atoms with Gasteiger partial charge in [-0.05, 0) is 47.9 Å². The van der Waals surface area contributed by atoms with Gasteiger partial charge in [0.2, 0.25) is 0 Å². The third-order valence-corrected chi connectivity index (χ3v) is 5.74. The van der Waals surface area contributed by atoms with E-state index in [0.717, 1.165) is 5.56 Å². The van der Waals surface area contributed by atoms with Gasteiger partial charge in [-0.3, -0.25) is 19.8 Å². The van der Waals surface area contributed by atoms with Gasteiger partial charge in [0.15, 0.2) is 0 Å². The van der Waals surface area contributed by atoms with Gasteiger partial charge in [0.1, 0.15) is 6.17 Å². The molecule has 1 heterocycles. The number of nitrogens with zero attached hydrogens (tertiary/aromatic N) is 2. The van der Waals surface area contributed by atoms with Gasteiger partial charge in [0, 0.05) is 21.9 Å². The predicted octanol–water partition coefficient (Wildman–Crippen LogP) is 6.25. The number of hydrogen-bond donors (Lipinski definition) is 1. The molecule has 1 N–H and O–H groups in total. The Bertz CT molecular complexity index is 1130. The van der Waals surface area contributed by atoms with Crippen molar-refractivity contribution in [1.82, 2.24) is 0 Å². The van der Waals surface area contributed by atoms with Crippen LogP contribution in [0.5, 0.6) is 0 Å². The Morgan fingerprint density at radius 3 is 2.43 bits per heavy atom. The first-order valence-corrected chi connectivity index (χ1v) is 10.4. The van der Waals surface area contributed by atoms with Crippen molar-refractivity contribution in [3.8, 4) is 0 Å². The Labute approximate surface area is 182 Å². The van der Waals surface area contributed by atoms with Crippen LogP contribution in [0.3, 0.4) is 0 Å². The van der Waals surface area contributed by atoms with E-state index < -0.39 is 11.1 Å². The van der Waals surface area contributed by atoms with Crippen molar-refractivity contribution in [3.05, 3.63) is 98.0 Å². The van der Waals surface area contributed by atoms with Crippen molar-refractivity contribution in [2.45, 2.75) is 25.9 Å². The summed E-state index contributed by atoms with van der Waals surface area (Å²) in [5.74, 6) is 0.151. The minimum absolute atomic E-state index is 0.0494. The van der Waals surface area contributed by atoms with E-state index in [1.165, 1.54) is 6.07 Å². The molecule has 0 saturated heterocycles. The average Bonchev–Trinajstić information content (AvgIpc) is 2.73. The lowest BCUT2D eigenvalue weighted by Gasteiger charge is -2.38. The zero-order valence-corrected chi connectivity index (χ0v) is 18.1. The number of para-hydroxylation sites is 1. The topological polar surface area (TPSA) is 75.5 Å². The van der Waals surface area contributed by atoms with Crippen molar-refractivity contribution in [1.29, 1.82) is 0 Å². The summed E-state index contributed by atoms with van der Waals surface area (Å²) in [6, 6.07) is 19.7. The molecule has 1 amide bonds. The number of carbonyl (C=O) groups excluding carboxylic acids is 1. The van der Waals surface area contributed by atoms with Crippen LogP contribution in [0.25, 0.3) is 0 Å². The minimum Gasteiger partial charge on any atom is -0.360 e. The lowest BCUT2D eigenvalue weighted by Crippen LogP contribution is -2.43.